The van der Waals surface area contributed by atoms with Gasteiger partial charge in [-0.05, 0) is 32.0 Å². The van der Waals surface area contributed by atoms with E-state index in [1.807, 2.05) is 18.7 Å². The third-order valence-electron chi connectivity index (χ3n) is 3.64. The van der Waals surface area contributed by atoms with Crippen molar-refractivity contribution in [3.05, 3.63) is 34.6 Å². The number of amides is 2. The summed E-state index contributed by atoms with van der Waals surface area (Å²) < 4.78 is 13.1. The Kier molecular flexibility index (Phi) is 5.96. The van der Waals surface area contributed by atoms with Gasteiger partial charge in [-0.1, -0.05) is 11.6 Å². The van der Waals surface area contributed by atoms with Gasteiger partial charge in [0, 0.05) is 32.2 Å². The second kappa shape index (κ2) is 7.75. The fourth-order valence-electron chi connectivity index (χ4n) is 2.51. The van der Waals surface area contributed by atoms with Crippen molar-refractivity contribution in [2.45, 2.75) is 19.9 Å². The summed E-state index contributed by atoms with van der Waals surface area (Å²) in [5.74, 6) is -0.685. The molecule has 1 aromatic carbocycles. The van der Waals surface area contributed by atoms with Gasteiger partial charge in [-0.2, -0.15) is 0 Å². The number of benzene rings is 1. The molecule has 0 saturated carbocycles. The summed E-state index contributed by atoms with van der Waals surface area (Å²) in [6.07, 6.45) is 0. The van der Waals surface area contributed by atoms with Crippen LogP contribution in [-0.2, 0) is 4.79 Å². The molecule has 126 valence electrons. The Morgan fingerprint density at radius 1 is 1.26 bits per heavy atom. The van der Waals surface area contributed by atoms with Crippen LogP contribution in [0.1, 0.15) is 24.2 Å². The van der Waals surface area contributed by atoms with Crippen molar-refractivity contribution in [3.8, 4) is 0 Å². The summed E-state index contributed by atoms with van der Waals surface area (Å²) >= 11 is 5.94. The molecule has 2 rings (SSSR count). The zero-order chi connectivity index (χ0) is 17.0. The molecule has 1 saturated heterocycles. The molecule has 7 heteroatoms. The standard InChI is InChI=1S/C16H21ClFN3O2/c1-11(2)19-15(22)10-20-5-7-21(8-6-20)16(23)13-4-3-12(18)9-14(13)17/h3-4,9,11H,5-8,10H2,1-2H3,(H,19,22). The minimum atomic E-state index is -0.465. The predicted octanol–water partition coefficient (Wildman–Crippen LogP) is 1.76. The van der Waals surface area contributed by atoms with Crippen LogP contribution < -0.4 is 5.32 Å². The van der Waals surface area contributed by atoms with Gasteiger partial charge < -0.3 is 10.2 Å². The molecule has 23 heavy (non-hydrogen) atoms. The van der Waals surface area contributed by atoms with Gasteiger partial charge in [-0.3, -0.25) is 14.5 Å². The average Bonchev–Trinajstić information content (AvgIpc) is 2.46. The van der Waals surface area contributed by atoms with Gasteiger partial charge in [0.25, 0.3) is 5.91 Å². The lowest BCUT2D eigenvalue weighted by Crippen LogP contribution is -2.51. The van der Waals surface area contributed by atoms with E-state index in [1.165, 1.54) is 12.1 Å². The fraction of sp³-hybridized carbons (Fsp3) is 0.500. The van der Waals surface area contributed by atoms with Gasteiger partial charge in [0.05, 0.1) is 17.1 Å². The highest BCUT2D eigenvalue weighted by Gasteiger charge is 2.24. The molecule has 0 radical (unpaired) electrons. The largest absolute Gasteiger partial charge is 0.353 e. The maximum absolute atomic E-state index is 13.1. The normalized spacial score (nSPS) is 15.8. The lowest BCUT2D eigenvalue weighted by atomic mass is 10.1. The fourth-order valence-corrected chi connectivity index (χ4v) is 2.76. The number of hydrogen-bond donors (Lipinski definition) is 1. The quantitative estimate of drug-likeness (QED) is 0.908. The first-order valence-corrected chi connectivity index (χ1v) is 8.00. The van der Waals surface area contributed by atoms with E-state index in [4.69, 9.17) is 11.6 Å². The molecule has 0 atom stereocenters. The Labute approximate surface area is 140 Å². The Morgan fingerprint density at radius 2 is 1.91 bits per heavy atom. The maximum Gasteiger partial charge on any atom is 0.255 e. The number of halogens is 2. The number of hydrogen-bond acceptors (Lipinski definition) is 3. The molecule has 1 N–H and O–H groups in total. The molecule has 0 unspecified atom stereocenters. The molecule has 1 aliphatic rings. The molecule has 0 bridgehead atoms. The summed E-state index contributed by atoms with van der Waals surface area (Å²) in [4.78, 5) is 27.9. The molecule has 1 heterocycles. The lowest BCUT2D eigenvalue weighted by molar-refractivity contribution is -0.123. The first-order valence-electron chi connectivity index (χ1n) is 7.63. The third-order valence-corrected chi connectivity index (χ3v) is 3.95. The van der Waals surface area contributed by atoms with Crippen molar-refractivity contribution >= 4 is 23.4 Å². The van der Waals surface area contributed by atoms with E-state index in [9.17, 15) is 14.0 Å². The molecule has 0 aromatic heterocycles. The van der Waals surface area contributed by atoms with Crippen LogP contribution in [0.2, 0.25) is 5.02 Å². The minimum Gasteiger partial charge on any atom is -0.353 e. The number of rotatable bonds is 4. The second-order valence-electron chi connectivity index (χ2n) is 5.91. The number of carbonyl (C=O) groups is 2. The van der Waals surface area contributed by atoms with E-state index >= 15 is 0 Å². The average molecular weight is 342 g/mol. The zero-order valence-electron chi connectivity index (χ0n) is 13.3. The Hall–Kier alpha value is -1.66. The highest BCUT2D eigenvalue weighted by molar-refractivity contribution is 6.33. The third kappa shape index (κ3) is 4.91. The Morgan fingerprint density at radius 3 is 2.48 bits per heavy atom. The van der Waals surface area contributed by atoms with Gasteiger partial charge in [0.1, 0.15) is 5.82 Å². The summed E-state index contributed by atoms with van der Waals surface area (Å²) in [6, 6.07) is 3.89. The molecule has 1 fully saturated rings. The molecule has 0 spiro atoms. The lowest BCUT2D eigenvalue weighted by Gasteiger charge is -2.34. The van der Waals surface area contributed by atoms with E-state index in [2.05, 4.69) is 5.32 Å². The summed E-state index contributed by atoms with van der Waals surface area (Å²) in [6.45, 7) is 6.44. The van der Waals surface area contributed by atoms with Crippen LogP contribution in [0.5, 0.6) is 0 Å². The Balaban J connectivity index is 1.89. The van der Waals surface area contributed by atoms with Gasteiger partial charge >= 0.3 is 0 Å². The number of nitrogens with one attached hydrogen (secondary N) is 1. The first-order chi connectivity index (χ1) is 10.9. The van der Waals surface area contributed by atoms with E-state index in [1.54, 1.807) is 4.90 Å². The van der Waals surface area contributed by atoms with E-state index in [-0.39, 0.29) is 22.9 Å². The zero-order valence-corrected chi connectivity index (χ0v) is 14.1. The van der Waals surface area contributed by atoms with Crippen LogP contribution in [0.15, 0.2) is 18.2 Å². The predicted molar refractivity (Wildman–Crippen MR) is 87.0 cm³/mol. The molecular formula is C16H21ClFN3O2. The van der Waals surface area contributed by atoms with Crippen molar-refractivity contribution in [1.82, 2.24) is 15.1 Å². The first kappa shape index (κ1) is 17.7. The van der Waals surface area contributed by atoms with E-state index in [0.717, 1.165) is 6.07 Å². The van der Waals surface area contributed by atoms with Crippen LogP contribution >= 0.6 is 11.6 Å². The molecule has 0 aliphatic carbocycles. The summed E-state index contributed by atoms with van der Waals surface area (Å²) in [5.41, 5.74) is 0.305. The van der Waals surface area contributed by atoms with Crippen molar-refractivity contribution in [3.63, 3.8) is 0 Å². The number of nitrogens with zero attached hydrogens (tertiary/aromatic N) is 2. The molecular weight excluding hydrogens is 321 g/mol. The van der Waals surface area contributed by atoms with Crippen LogP contribution in [0, 0.1) is 5.82 Å². The molecule has 5 nitrogen and oxygen atoms in total. The van der Waals surface area contributed by atoms with Gasteiger partial charge in [0.15, 0.2) is 0 Å². The van der Waals surface area contributed by atoms with Crippen LogP contribution in [0.25, 0.3) is 0 Å². The smallest absolute Gasteiger partial charge is 0.255 e. The van der Waals surface area contributed by atoms with E-state index < -0.39 is 5.82 Å². The van der Waals surface area contributed by atoms with Crippen molar-refractivity contribution < 1.29 is 14.0 Å². The van der Waals surface area contributed by atoms with Crippen molar-refractivity contribution in [2.24, 2.45) is 0 Å². The topological polar surface area (TPSA) is 52.7 Å². The van der Waals surface area contributed by atoms with E-state index in [0.29, 0.717) is 38.3 Å². The van der Waals surface area contributed by atoms with Crippen LogP contribution in [0.3, 0.4) is 0 Å². The Bertz CT molecular complexity index is 587. The molecule has 2 amide bonds. The highest BCUT2D eigenvalue weighted by Crippen LogP contribution is 2.19. The monoisotopic (exact) mass is 341 g/mol. The second-order valence-corrected chi connectivity index (χ2v) is 6.32. The van der Waals surface area contributed by atoms with Gasteiger partial charge in [0.2, 0.25) is 5.91 Å². The highest BCUT2D eigenvalue weighted by atomic mass is 35.5. The minimum absolute atomic E-state index is 0.0126. The molecule has 1 aliphatic heterocycles. The summed E-state index contributed by atoms with van der Waals surface area (Å²) in [5, 5.41) is 2.97. The van der Waals surface area contributed by atoms with Gasteiger partial charge in [-0.25, -0.2) is 4.39 Å². The number of piperazine rings is 1. The van der Waals surface area contributed by atoms with Crippen molar-refractivity contribution in [2.75, 3.05) is 32.7 Å². The van der Waals surface area contributed by atoms with Gasteiger partial charge in [-0.15, -0.1) is 0 Å². The number of carbonyl (C=O) groups excluding carboxylic acids is 2. The van der Waals surface area contributed by atoms with Crippen LogP contribution in [0.4, 0.5) is 4.39 Å². The van der Waals surface area contributed by atoms with Crippen LogP contribution in [-0.4, -0.2) is 60.4 Å². The van der Waals surface area contributed by atoms with Crippen molar-refractivity contribution in [1.29, 1.82) is 0 Å². The summed E-state index contributed by atoms with van der Waals surface area (Å²) in [7, 11) is 0. The maximum atomic E-state index is 13.1. The SMILES string of the molecule is CC(C)NC(=O)CN1CCN(C(=O)c2ccc(F)cc2Cl)CC1. The molecule has 1 aromatic rings.